The van der Waals surface area contributed by atoms with Crippen LogP contribution in [0.4, 0.5) is 0 Å². The molecule has 2 rings (SSSR count). The van der Waals surface area contributed by atoms with Crippen molar-refractivity contribution in [3.8, 4) is 11.5 Å². The maximum absolute atomic E-state index is 5.75. The van der Waals surface area contributed by atoms with Gasteiger partial charge in [0, 0.05) is 25.5 Å². The zero-order valence-electron chi connectivity index (χ0n) is 12.6. The molecule has 1 fully saturated rings. The second kappa shape index (κ2) is 9.13. The molecule has 0 spiro atoms. The highest BCUT2D eigenvalue weighted by molar-refractivity contribution is 6.17. The molecule has 0 radical (unpaired) electrons. The molecule has 1 aliphatic rings. The molecule has 5 heteroatoms. The fraction of sp³-hybridized carbons (Fsp3) is 0.625. The highest BCUT2D eigenvalue weighted by Crippen LogP contribution is 2.17. The average Bonchev–Trinajstić information content (AvgIpc) is 2.55. The van der Waals surface area contributed by atoms with Crippen molar-refractivity contribution >= 4 is 11.6 Å². The number of likely N-dealkylation sites (tertiary alicyclic amines) is 1. The summed E-state index contributed by atoms with van der Waals surface area (Å²) in [4.78, 5) is 2.42. The van der Waals surface area contributed by atoms with Crippen molar-refractivity contribution in [1.29, 1.82) is 0 Å². The number of alkyl halides is 1. The number of ether oxygens (including phenoxy) is 3. The van der Waals surface area contributed by atoms with Crippen LogP contribution in [-0.2, 0) is 4.74 Å². The van der Waals surface area contributed by atoms with Crippen LogP contribution in [-0.4, -0.2) is 56.8 Å². The molecule has 118 valence electrons. The van der Waals surface area contributed by atoms with E-state index in [9.17, 15) is 0 Å². The highest BCUT2D eigenvalue weighted by Gasteiger charge is 2.19. The lowest BCUT2D eigenvalue weighted by molar-refractivity contribution is 0.0128. The van der Waals surface area contributed by atoms with Gasteiger partial charge in [-0.2, -0.15) is 0 Å². The van der Waals surface area contributed by atoms with E-state index in [2.05, 4.69) is 4.90 Å². The third kappa shape index (κ3) is 5.73. The van der Waals surface area contributed by atoms with Crippen LogP contribution in [0.3, 0.4) is 0 Å². The summed E-state index contributed by atoms with van der Waals surface area (Å²) in [7, 11) is 1.66. The van der Waals surface area contributed by atoms with Crippen LogP contribution in [0, 0.1) is 0 Å². The van der Waals surface area contributed by atoms with Gasteiger partial charge in [0.05, 0.1) is 19.8 Å². The molecule has 0 aliphatic carbocycles. The van der Waals surface area contributed by atoms with Crippen LogP contribution >= 0.6 is 11.6 Å². The van der Waals surface area contributed by atoms with Crippen LogP contribution in [0.15, 0.2) is 24.3 Å². The molecule has 0 N–H and O–H groups in total. The largest absolute Gasteiger partial charge is 0.497 e. The minimum Gasteiger partial charge on any atom is -0.497 e. The highest BCUT2D eigenvalue weighted by atomic mass is 35.5. The Bertz CT molecular complexity index is 391. The van der Waals surface area contributed by atoms with E-state index >= 15 is 0 Å². The molecule has 1 aromatic carbocycles. The molecule has 1 aromatic rings. The van der Waals surface area contributed by atoms with E-state index in [0.717, 1.165) is 44.0 Å². The minimum atomic E-state index is 0.377. The number of hydrogen-bond acceptors (Lipinski definition) is 4. The van der Waals surface area contributed by atoms with Crippen LogP contribution in [0.5, 0.6) is 11.5 Å². The van der Waals surface area contributed by atoms with Crippen LogP contribution in [0.25, 0.3) is 0 Å². The van der Waals surface area contributed by atoms with Crippen molar-refractivity contribution in [2.24, 2.45) is 0 Å². The van der Waals surface area contributed by atoms with Crippen molar-refractivity contribution in [2.45, 2.75) is 18.9 Å². The molecule has 0 bridgehead atoms. The third-order valence-electron chi connectivity index (χ3n) is 3.70. The zero-order valence-corrected chi connectivity index (χ0v) is 13.3. The predicted molar refractivity (Wildman–Crippen MR) is 84.6 cm³/mol. The standard InChI is InChI=1S/C16H24ClNO3/c1-19-14-2-4-15(5-3-14)21-13-11-18-9-6-16(7-10-18)20-12-8-17/h2-5,16H,6-13H2,1H3. The van der Waals surface area contributed by atoms with Gasteiger partial charge in [0.1, 0.15) is 18.1 Å². The summed E-state index contributed by atoms with van der Waals surface area (Å²) in [5.74, 6) is 2.31. The Balaban J connectivity index is 1.61. The maximum atomic E-state index is 5.75. The number of halogens is 1. The number of rotatable bonds is 8. The maximum Gasteiger partial charge on any atom is 0.119 e. The van der Waals surface area contributed by atoms with Crippen molar-refractivity contribution in [3.05, 3.63) is 24.3 Å². The number of benzene rings is 1. The number of nitrogens with zero attached hydrogens (tertiary/aromatic N) is 1. The van der Waals surface area contributed by atoms with Gasteiger partial charge in [-0.05, 0) is 37.1 Å². The predicted octanol–water partition coefficient (Wildman–Crippen LogP) is 2.79. The molecule has 0 saturated carbocycles. The molecule has 21 heavy (non-hydrogen) atoms. The molecule has 0 amide bonds. The van der Waals surface area contributed by atoms with Gasteiger partial charge in [0.25, 0.3) is 0 Å². The Kier molecular flexibility index (Phi) is 7.13. The molecular formula is C16H24ClNO3. The van der Waals surface area contributed by atoms with Gasteiger partial charge in [-0.3, -0.25) is 4.90 Å². The van der Waals surface area contributed by atoms with Crippen LogP contribution < -0.4 is 9.47 Å². The lowest BCUT2D eigenvalue weighted by atomic mass is 10.1. The first-order valence-electron chi connectivity index (χ1n) is 7.48. The first-order chi connectivity index (χ1) is 10.3. The quantitative estimate of drug-likeness (QED) is 0.691. The lowest BCUT2D eigenvalue weighted by Gasteiger charge is -2.31. The van der Waals surface area contributed by atoms with Gasteiger partial charge in [-0.15, -0.1) is 11.6 Å². The Hall–Kier alpha value is -0.970. The Labute approximate surface area is 131 Å². The first-order valence-corrected chi connectivity index (χ1v) is 8.02. The molecule has 1 heterocycles. The van der Waals surface area contributed by atoms with Crippen LogP contribution in [0.1, 0.15) is 12.8 Å². The smallest absolute Gasteiger partial charge is 0.119 e. The summed E-state index contributed by atoms with van der Waals surface area (Å²) >= 11 is 5.64. The van der Waals surface area contributed by atoms with E-state index < -0.39 is 0 Å². The Morgan fingerprint density at radius 2 is 1.76 bits per heavy atom. The second-order valence-electron chi connectivity index (χ2n) is 5.12. The Morgan fingerprint density at radius 1 is 1.10 bits per heavy atom. The average molecular weight is 314 g/mol. The molecule has 0 unspecified atom stereocenters. The summed E-state index contributed by atoms with van der Waals surface area (Å²) < 4.78 is 16.6. The van der Waals surface area contributed by atoms with E-state index in [1.165, 1.54) is 0 Å². The van der Waals surface area contributed by atoms with Gasteiger partial charge in [-0.1, -0.05) is 0 Å². The monoisotopic (exact) mass is 313 g/mol. The van der Waals surface area contributed by atoms with Gasteiger partial charge in [0.15, 0.2) is 0 Å². The normalized spacial score (nSPS) is 16.9. The van der Waals surface area contributed by atoms with E-state index in [1.807, 2.05) is 24.3 Å². The fourth-order valence-corrected chi connectivity index (χ4v) is 2.56. The van der Waals surface area contributed by atoms with Crippen molar-refractivity contribution in [2.75, 3.05) is 45.8 Å². The summed E-state index contributed by atoms with van der Waals surface area (Å²) in [5.41, 5.74) is 0. The third-order valence-corrected chi connectivity index (χ3v) is 3.86. The summed E-state index contributed by atoms with van der Waals surface area (Å²) in [6.45, 7) is 4.46. The molecule has 1 aliphatic heterocycles. The molecular weight excluding hydrogens is 290 g/mol. The molecule has 0 aromatic heterocycles. The number of methoxy groups -OCH3 is 1. The van der Waals surface area contributed by atoms with Crippen molar-refractivity contribution < 1.29 is 14.2 Å². The van der Waals surface area contributed by atoms with Crippen molar-refractivity contribution in [1.82, 2.24) is 4.90 Å². The van der Waals surface area contributed by atoms with Crippen molar-refractivity contribution in [3.63, 3.8) is 0 Å². The Morgan fingerprint density at radius 3 is 2.38 bits per heavy atom. The summed E-state index contributed by atoms with van der Waals surface area (Å²) in [6, 6.07) is 7.69. The molecule has 0 atom stereocenters. The topological polar surface area (TPSA) is 30.9 Å². The van der Waals surface area contributed by atoms with E-state index in [-0.39, 0.29) is 0 Å². The number of hydrogen-bond donors (Lipinski definition) is 0. The van der Waals surface area contributed by atoms with Gasteiger partial charge in [0.2, 0.25) is 0 Å². The van der Waals surface area contributed by atoms with Gasteiger partial charge in [-0.25, -0.2) is 0 Å². The van der Waals surface area contributed by atoms with Gasteiger partial charge < -0.3 is 14.2 Å². The second-order valence-corrected chi connectivity index (χ2v) is 5.50. The zero-order chi connectivity index (χ0) is 14.9. The number of piperidine rings is 1. The summed E-state index contributed by atoms with van der Waals surface area (Å²) in [6.07, 6.45) is 2.54. The van der Waals surface area contributed by atoms with E-state index in [0.29, 0.717) is 25.2 Å². The van der Waals surface area contributed by atoms with E-state index in [4.69, 9.17) is 25.8 Å². The van der Waals surface area contributed by atoms with Crippen LogP contribution in [0.2, 0.25) is 0 Å². The fourth-order valence-electron chi connectivity index (χ4n) is 2.48. The van der Waals surface area contributed by atoms with E-state index in [1.54, 1.807) is 7.11 Å². The SMILES string of the molecule is COc1ccc(OCCN2CCC(OCCCl)CC2)cc1. The minimum absolute atomic E-state index is 0.377. The lowest BCUT2D eigenvalue weighted by Crippen LogP contribution is -2.39. The van der Waals surface area contributed by atoms with Gasteiger partial charge >= 0.3 is 0 Å². The summed E-state index contributed by atoms with van der Waals surface area (Å²) in [5, 5.41) is 0. The molecule has 1 saturated heterocycles. The molecule has 4 nitrogen and oxygen atoms in total. The first kappa shape index (κ1) is 16.4.